The van der Waals surface area contributed by atoms with Gasteiger partial charge >= 0.3 is 0 Å². The number of benzene rings is 1. The van der Waals surface area contributed by atoms with Crippen LogP contribution in [0.1, 0.15) is 6.42 Å². The van der Waals surface area contributed by atoms with Crippen LogP contribution in [-0.2, 0) is 9.53 Å². The standard InChI is InChI=1S/C17H22ClN3O4S/c1-25-7-6-19-16(24)11-8-12(22)15(23)13-14(11)21(17(26)20-13)10-4-2-9(18)3-5-10/h2-5,11-15,22-23H,6-8H2,1H3,(H,19,24)(H,20,26)/t11-,12-,13-,14-,15+/m1/s1. The number of fused-ring (bicyclic) bond motifs is 1. The molecule has 1 aromatic rings. The molecular formula is C17H22ClN3O4S. The highest BCUT2D eigenvalue weighted by atomic mass is 35.5. The van der Waals surface area contributed by atoms with Gasteiger partial charge in [-0.3, -0.25) is 4.79 Å². The van der Waals surface area contributed by atoms with Crippen LogP contribution in [0.3, 0.4) is 0 Å². The first kappa shape index (κ1) is 19.3. The molecule has 9 heteroatoms. The normalized spacial score (nSPS) is 30.7. The second kappa shape index (κ2) is 8.06. The van der Waals surface area contributed by atoms with Crippen LogP contribution < -0.4 is 15.5 Å². The summed E-state index contributed by atoms with van der Waals surface area (Å²) in [5.74, 6) is -0.743. The van der Waals surface area contributed by atoms with Crippen molar-refractivity contribution in [3.05, 3.63) is 29.3 Å². The van der Waals surface area contributed by atoms with E-state index in [4.69, 9.17) is 28.6 Å². The number of aliphatic hydroxyl groups is 2. The van der Waals surface area contributed by atoms with Crippen molar-refractivity contribution < 1.29 is 19.7 Å². The molecule has 1 saturated carbocycles. The van der Waals surface area contributed by atoms with E-state index in [0.29, 0.717) is 23.3 Å². The van der Waals surface area contributed by atoms with Crippen molar-refractivity contribution >= 4 is 40.5 Å². The molecule has 0 bridgehead atoms. The average molecular weight is 400 g/mol. The number of aliphatic hydroxyl groups excluding tert-OH is 2. The summed E-state index contributed by atoms with van der Waals surface area (Å²) in [6.45, 7) is 0.774. The molecule has 1 heterocycles. The van der Waals surface area contributed by atoms with Gasteiger partial charge in [0, 0.05) is 24.4 Å². The smallest absolute Gasteiger partial charge is 0.225 e. The number of nitrogens with one attached hydrogen (secondary N) is 2. The van der Waals surface area contributed by atoms with Gasteiger partial charge in [0.25, 0.3) is 0 Å². The van der Waals surface area contributed by atoms with Crippen molar-refractivity contribution in [2.45, 2.75) is 30.7 Å². The maximum atomic E-state index is 12.7. The van der Waals surface area contributed by atoms with E-state index in [2.05, 4.69) is 10.6 Å². The van der Waals surface area contributed by atoms with Crippen LogP contribution in [0.4, 0.5) is 5.69 Å². The Labute approximate surface area is 162 Å². The SMILES string of the molecule is COCCNC(=O)[C@@H]1C[C@@H](O)[C@H](O)[C@@H]2NC(=S)N(c3ccc(Cl)cc3)[C@@H]21. The van der Waals surface area contributed by atoms with E-state index in [1.165, 1.54) is 0 Å². The second-order valence-electron chi connectivity index (χ2n) is 6.50. The van der Waals surface area contributed by atoms with Gasteiger partial charge in [-0.2, -0.15) is 0 Å². The Balaban J connectivity index is 1.90. The first-order valence-corrected chi connectivity index (χ1v) is 9.20. The minimum Gasteiger partial charge on any atom is -0.390 e. The lowest BCUT2D eigenvalue weighted by atomic mass is 9.77. The molecule has 1 amide bonds. The summed E-state index contributed by atoms with van der Waals surface area (Å²) >= 11 is 11.4. The molecule has 0 spiro atoms. The molecule has 5 atom stereocenters. The first-order valence-electron chi connectivity index (χ1n) is 8.42. The van der Waals surface area contributed by atoms with Gasteiger partial charge < -0.3 is 30.5 Å². The first-order chi connectivity index (χ1) is 12.4. The predicted octanol–water partition coefficient (Wildman–Crippen LogP) is 0.276. The topological polar surface area (TPSA) is 94.1 Å². The highest BCUT2D eigenvalue weighted by Gasteiger charge is 2.53. The quantitative estimate of drug-likeness (QED) is 0.417. The Hall–Kier alpha value is -1.45. The largest absolute Gasteiger partial charge is 0.390 e. The maximum absolute atomic E-state index is 12.7. The number of methoxy groups -OCH3 is 1. The minimum absolute atomic E-state index is 0.148. The zero-order valence-electron chi connectivity index (χ0n) is 14.3. The van der Waals surface area contributed by atoms with Gasteiger partial charge in [0.05, 0.1) is 30.7 Å². The lowest BCUT2D eigenvalue weighted by Gasteiger charge is -2.41. The fourth-order valence-corrected chi connectivity index (χ4v) is 4.14. The number of halogens is 1. The third-order valence-corrected chi connectivity index (χ3v) is 5.46. The van der Waals surface area contributed by atoms with E-state index in [1.807, 2.05) is 17.0 Å². The van der Waals surface area contributed by atoms with Crippen LogP contribution in [0.2, 0.25) is 5.02 Å². The van der Waals surface area contributed by atoms with E-state index in [0.717, 1.165) is 5.69 Å². The Morgan fingerprint density at radius 1 is 1.42 bits per heavy atom. The third kappa shape index (κ3) is 3.65. The van der Waals surface area contributed by atoms with E-state index in [9.17, 15) is 15.0 Å². The Bertz CT molecular complexity index is 674. The molecule has 2 fully saturated rings. The lowest BCUT2D eigenvalue weighted by molar-refractivity contribution is -0.131. The van der Waals surface area contributed by atoms with Gasteiger partial charge in [-0.25, -0.2) is 0 Å². The molecule has 0 unspecified atom stereocenters. The summed E-state index contributed by atoms with van der Waals surface area (Å²) in [5, 5.41) is 27.5. The van der Waals surface area contributed by atoms with Crippen molar-refractivity contribution in [1.82, 2.24) is 10.6 Å². The van der Waals surface area contributed by atoms with Crippen LogP contribution in [0.5, 0.6) is 0 Å². The number of thiocarbonyl (C=S) groups is 1. The van der Waals surface area contributed by atoms with E-state index in [-0.39, 0.29) is 12.3 Å². The summed E-state index contributed by atoms with van der Waals surface area (Å²) in [7, 11) is 1.56. The molecule has 7 nitrogen and oxygen atoms in total. The van der Waals surface area contributed by atoms with Crippen LogP contribution in [-0.4, -0.2) is 65.8 Å². The van der Waals surface area contributed by atoms with E-state index < -0.39 is 30.2 Å². The average Bonchev–Trinajstić information content (AvgIpc) is 2.96. The number of hydrogen-bond donors (Lipinski definition) is 4. The molecule has 142 valence electrons. The molecule has 1 aliphatic heterocycles. The molecule has 1 aromatic carbocycles. The highest BCUT2D eigenvalue weighted by molar-refractivity contribution is 7.80. The maximum Gasteiger partial charge on any atom is 0.225 e. The molecule has 4 N–H and O–H groups in total. The Kier molecular flexibility index (Phi) is 5.99. The van der Waals surface area contributed by atoms with E-state index >= 15 is 0 Å². The summed E-state index contributed by atoms with van der Waals surface area (Å²) in [6, 6.07) is 6.17. The van der Waals surface area contributed by atoms with Crippen molar-refractivity contribution in [1.29, 1.82) is 0 Å². The monoisotopic (exact) mass is 399 g/mol. The summed E-state index contributed by atoms with van der Waals surface area (Å²) in [5.41, 5.74) is 0.776. The molecule has 3 rings (SSSR count). The molecule has 0 aromatic heterocycles. The number of anilines is 1. The van der Waals surface area contributed by atoms with Crippen LogP contribution in [0, 0.1) is 5.92 Å². The Morgan fingerprint density at radius 2 is 2.12 bits per heavy atom. The predicted molar refractivity (Wildman–Crippen MR) is 102 cm³/mol. The van der Waals surface area contributed by atoms with Gasteiger partial charge in [0.15, 0.2) is 5.11 Å². The zero-order valence-corrected chi connectivity index (χ0v) is 15.8. The number of rotatable bonds is 5. The van der Waals surface area contributed by atoms with Gasteiger partial charge in [-0.1, -0.05) is 11.6 Å². The van der Waals surface area contributed by atoms with E-state index in [1.54, 1.807) is 19.2 Å². The molecule has 1 aliphatic carbocycles. The van der Waals surface area contributed by atoms with Crippen LogP contribution in [0.15, 0.2) is 24.3 Å². The molecule has 0 radical (unpaired) electrons. The summed E-state index contributed by atoms with van der Waals surface area (Å²) in [6.07, 6.45) is -1.87. The second-order valence-corrected chi connectivity index (χ2v) is 7.32. The zero-order chi connectivity index (χ0) is 18.8. The minimum atomic E-state index is -1.02. The lowest BCUT2D eigenvalue weighted by Crippen LogP contribution is -2.61. The van der Waals surface area contributed by atoms with Gasteiger partial charge in [-0.05, 0) is 42.9 Å². The number of hydrogen-bond acceptors (Lipinski definition) is 5. The fourth-order valence-electron chi connectivity index (χ4n) is 3.65. The molecule has 2 aliphatic rings. The number of ether oxygens (including phenoxy) is 1. The highest BCUT2D eigenvalue weighted by Crippen LogP contribution is 2.36. The fraction of sp³-hybridized carbons (Fsp3) is 0.529. The van der Waals surface area contributed by atoms with Crippen molar-refractivity contribution in [3.8, 4) is 0 Å². The van der Waals surface area contributed by atoms with Crippen LogP contribution >= 0.6 is 23.8 Å². The number of amides is 1. The number of carbonyl (C=O) groups excluding carboxylic acids is 1. The molecule has 1 saturated heterocycles. The third-order valence-electron chi connectivity index (χ3n) is 4.89. The van der Waals surface area contributed by atoms with Crippen molar-refractivity contribution in [3.63, 3.8) is 0 Å². The number of carbonyl (C=O) groups is 1. The Morgan fingerprint density at radius 3 is 2.77 bits per heavy atom. The summed E-state index contributed by atoms with van der Waals surface area (Å²) < 4.78 is 4.96. The van der Waals surface area contributed by atoms with Crippen molar-refractivity contribution in [2.75, 3.05) is 25.2 Å². The molecular weight excluding hydrogens is 378 g/mol. The van der Waals surface area contributed by atoms with Crippen molar-refractivity contribution in [2.24, 2.45) is 5.92 Å². The van der Waals surface area contributed by atoms with Gasteiger partial charge in [0.2, 0.25) is 5.91 Å². The van der Waals surface area contributed by atoms with Gasteiger partial charge in [-0.15, -0.1) is 0 Å². The van der Waals surface area contributed by atoms with Crippen LogP contribution in [0.25, 0.3) is 0 Å². The molecule has 26 heavy (non-hydrogen) atoms. The summed E-state index contributed by atoms with van der Waals surface area (Å²) in [4.78, 5) is 14.6. The number of nitrogens with zero attached hydrogens (tertiary/aromatic N) is 1. The van der Waals surface area contributed by atoms with Gasteiger partial charge in [0.1, 0.15) is 6.10 Å².